The van der Waals surface area contributed by atoms with E-state index in [4.69, 9.17) is 0 Å². The van der Waals surface area contributed by atoms with Crippen LogP contribution in [0.2, 0.25) is 0 Å². The Hall–Kier alpha value is -1.23. The third-order valence-corrected chi connectivity index (χ3v) is 4.24. The van der Waals surface area contributed by atoms with E-state index in [0.29, 0.717) is 17.8 Å². The molecular weight excluding hydrogens is 294 g/mol. The summed E-state index contributed by atoms with van der Waals surface area (Å²) >= 11 is 1.50. The van der Waals surface area contributed by atoms with Gasteiger partial charge in [-0.2, -0.15) is 5.26 Å². The van der Waals surface area contributed by atoms with Gasteiger partial charge in [0.25, 0.3) is 0 Å². The maximum atomic E-state index is 11.3. The first-order chi connectivity index (χ1) is 9.18. The Morgan fingerprint density at radius 1 is 1.40 bits per heavy atom. The lowest BCUT2D eigenvalue weighted by molar-refractivity contribution is 0.476. The number of nitrogens with zero attached hydrogens (tertiary/aromatic N) is 1. The molecule has 0 aliphatic carbocycles. The molecule has 0 saturated carbocycles. The lowest BCUT2D eigenvalue weighted by Gasteiger charge is -2.26. The molecule has 7 heteroatoms. The van der Waals surface area contributed by atoms with Crippen LogP contribution < -0.4 is 10.0 Å². The van der Waals surface area contributed by atoms with Crippen LogP contribution in [-0.4, -0.2) is 33.0 Å². The summed E-state index contributed by atoms with van der Waals surface area (Å²) in [4.78, 5) is 0.895. The maximum Gasteiger partial charge on any atom is 0.209 e. The van der Waals surface area contributed by atoms with Crippen molar-refractivity contribution >= 4 is 27.5 Å². The van der Waals surface area contributed by atoms with E-state index in [1.807, 2.05) is 24.5 Å². The van der Waals surface area contributed by atoms with E-state index in [0.717, 1.165) is 11.2 Å². The molecule has 0 aliphatic rings. The van der Waals surface area contributed by atoms with Gasteiger partial charge in [-0.1, -0.05) is 6.07 Å². The Kier molecular flexibility index (Phi) is 5.45. The largest absolute Gasteiger partial charge is 0.382 e. The molecule has 0 heterocycles. The van der Waals surface area contributed by atoms with Crippen LogP contribution in [0.4, 0.5) is 5.69 Å². The first-order valence-electron chi connectivity index (χ1n) is 5.98. The Morgan fingerprint density at radius 2 is 2.05 bits per heavy atom. The number of sulfonamides is 1. The number of thioether (sulfide) groups is 1. The summed E-state index contributed by atoms with van der Waals surface area (Å²) in [6.07, 6.45) is 3.04. The van der Waals surface area contributed by atoms with Gasteiger partial charge >= 0.3 is 0 Å². The van der Waals surface area contributed by atoms with Gasteiger partial charge in [-0.25, -0.2) is 13.1 Å². The summed E-state index contributed by atoms with van der Waals surface area (Å²) in [5.74, 6) is 0. The average Bonchev–Trinajstić information content (AvgIpc) is 2.32. The summed E-state index contributed by atoms with van der Waals surface area (Å²) < 4.78 is 25.1. The Bertz CT molecular complexity index is 619. The number of hydrogen-bond donors (Lipinski definition) is 2. The molecule has 0 atom stereocenters. The van der Waals surface area contributed by atoms with Crippen LogP contribution in [-0.2, 0) is 10.0 Å². The van der Waals surface area contributed by atoms with Gasteiger partial charge in [-0.3, -0.25) is 0 Å². The Balaban J connectivity index is 2.88. The topological polar surface area (TPSA) is 82.0 Å². The van der Waals surface area contributed by atoms with Crippen molar-refractivity contribution in [3.8, 4) is 6.07 Å². The fourth-order valence-electron chi connectivity index (χ4n) is 1.82. The molecule has 0 bridgehead atoms. The molecular formula is C13H19N3O2S2. The van der Waals surface area contributed by atoms with Crippen LogP contribution >= 0.6 is 11.8 Å². The Labute approximate surface area is 124 Å². The van der Waals surface area contributed by atoms with E-state index in [1.54, 1.807) is 13.8 Å². The monoisotopic (exact) mass is 313 g/mol. The third-order valence-electron chi connectivity index (χ3n) is 2.54. The highest BCUT2D eigenvalue weighted by Gasteiger charge is 2.22. The molecule has 0 radical (unpaired) electrons. The van der Waals surface area contributed by atoms with Crippen molar-refractivity contribution in [3.05, 3.63) is 23.8 Å². The maximum absolute atomic E-state index is 11.3. The molecule has 0 aliphatic heterocycles. The van der Waals surface area contributed by atoms with Crippen molar-refractivity contribution in [2.45, 2.75) is 24.3 Å². The molecule has 0 spiro atoms. The van der Waals surface area contributed by atoms with E-state index in [1.165, 1.54) is 11.8 Å². The zero-order valence-electron chi connectivity index (χ0n) is 12.0. The van der Waals surface area contributed by atoms with Crippen LogP contribution in [0.25, 0.3) is 0 Å². The van der Waals surface area contributed by atoms with E-state index >= 15 is 0 Å². The quantitative estimate of drug-likeness (QED) is 0.785. The van der Waals surface area contributed by atoms with Crippen LogP contribution in [0.5, 0.6) is 0 Å². The summed E-state index contributed by atoms with van der Waals surface area (Å²) in [5, 5.41) is 12.4. The van der Waals surface area contributed by atoms with Gasteiger partial charge in [0.2, 0.25) is 10.0 Å². The molecule has 0 amide bonds. The number of nitriles is 1. The highest BCUT2D eigenvalue weighted by Crippen LogP contribution is 2.26. The summed E-state index contributed by atoms with van der Waals surface area (Å²) in [7, 11) is -3.27. The third kappa shape index (κ3) is 5.04. The van der Waals surface area contributed by atoms with Crippen molar-refractivity contribution < 1.29 is 8.42 Å². The van der Waals surface area contributed by atoms with Crippen LogP contribution in [0, 0.1) is 11.3 Å². The highest BCUT2D eigenvalue weighted by molar-refractivity contribution is 7.98. The minimum atomic E-state index is -3.27. The molecule has 1 aromatic rings. The van der Waals surface area contributed by atoms with E-state index < -0.39 is 15.6 Å². The number of anilines is 1. The second-order valence-electron chi connectivity index (χ2n) is 5.11. The van der Waals surface area contributed by atoms with E-state index in [2.05, 4.69) is 16.1 Å². The highest BCUT2D eigenvalue weighted by atomic mass is 32.2. The van der Waals surface area contributed by atoms with Crippen LogP contribution in [0.3, 0.4) is 0 Å². The van der Waals surface area contributed by atoms with Crippen molar-refractivity contribution in [2.75, 3.05) is 24.4 Å². The lowest BCUT2D eigenvalue weighted by atomic mass is 10.1. The summed E-state index contributed by atoms with van der Waals surface area (Å²) in [6, 6.07) is 7.74. The second-order valence-corrected chi connectivity index (χ2v) is 7.70. The fourth-order valence-corrected chi connectivity index (χ4v) is 3.47. The SMILES string of the molecule is CSc1cccc(NCC(C)(C)NS(C)(=O)=O)c1C#N. The van der Waals surface area contributed by atoms with Crippen molar-refractivity contribution in [2.24, 2.45) is 0 Å². The zero-order chi connectivity index (χ0) is 15.4. The average molecular weight is 313 g/mol. The van der Waals surface area contributed by atoms with Gasteiger partial charge in [-0.05, 0) is 32.2 Å². The fraction of sp³-hybridized carbons (Fsp3) is 0.462. The predicted molar refractivity (Wildman–Crippen MR) is 83.5 cm³/mol. The first-order valence-corrected chi connectivity index (χ1v) is 9.10. The molecule has 20 heavy (non-hydrogen) atoms. The molecule has 0 fully saturated rings. The Morgan fingerprint density at radius 3 is 2.55 bits per heavy atom. The van der Waals surface area contributed by atoms with Gasteiger partial charge in [0.1, 0.15) is 6.07 Å². The summed E-state index contributed by atoms with van der Waals surface area (Å²) in [5.41, 5.74) is 0.647. The van der Waals surface area contributed by atoms with Crippen molar-refractivity contribution in [3.63, 3.8) is 0 Å². The van der Waals surface area contributed by atoms with Crippen molar-refractivity contribution in [1.29, 1.82) is 5.26 Å². The second kappa shape index (κ2) is 6.48. The molecule has 0 aromatic heterocycles. The molecule has 2 N–H and O–H groups in total. The van der Waals surface area contributed by atoms with Gasteiger partial charge in [0.15, 0.2) is 0 Å². The van der Waals surface area contributed by atoms with Crippen LogP contribution in [0.1, 0.15) is 19.4 Å². The van der Waals surface area contributed by atoms with E-state index in [9.17, 15) is 13.7 Å². The number of rotatable bonds is 6. The van der Waals surface area contributed by atoms with Crippen LogP contribution in [0.15, 0.2) is 23.1 Å². The molecule has 0 saturated heterocycles. The lowest BCUT2D eigenvalue weighted by Crippen LogP contribution is -2.47. The minimum Gasteiger partial charge on any atom is -0.382 e. The standard InChI is InChI=1S/C13H19N3O2S2/c1-13(2,16-20(4,17)18)9-15-11-6-5-7-12(19-3)10(11)8-14/h5-7,15-16H,9H2,1-4H3. The summed E-state index contributed by atoms with van der Waals surface area (Å²) in [6.45, 7) is 3.95. The van der Waals surface area contributed by atoms with Gasteiger partial charge in [0, 0.05) is 17.0 Å². The van der Waals surface area contributed by atoms with Gasteiger partial charge in [0.05, 0.1) is 17.5 Å². The molecule has 5 nitrogen and oxygen atoms in total. The van der Waals surface area contributed by atoms with Gasteiger partial charge < -0.3 is 5.32 Å². The zero-order valence-corrected chi connectivity index (χ0v) is 13.7. The smallest absolute Gasteiger partial charge is 0.209 e. The molecule has 0 unspecified atom stereocenters. The number of nitrogens with one attached hydrogen (secondary N) is 2. The minimum absolute atomic E-state index is 0.382. The van der Waals surface area contributed by atoms with Crippen molar-refractivity contribution in [1.82, 2.24) is 4.72 Å². The number of benzene rings is 1. The molecule has 110 valence electrons. The molecule has 1 aromatic carbocycles. The number of hydrogen-bond acceptors (Lipinski definition) is 5. The van der Waals surface area contributed by atoms with Gasteiger partial charge in [-0.15, -0.1) is 11.8 Å². The van der Waals surface area contributed by atoms with E-state index in [-0.39, 0.29) is 0 Å². The first kappa shape index (κ1) is 16.8. The molecule has 1 rings (SSSR count). The normalized spacial score (nSPS) is 11.9. The predicted octanol–water partition coefficient (Wildman–Crippen LogP) is 2.02.